The zero-order valence-electron chi connectivity index (χ0n) is 15.4. The highest BCUT2D eigenvalue weighted by molar-refractivity contribution is 5.79. The van der Waals surface area contributed by atoms with Crippen LogP contribution in [-0.2, 0) is 6.54 Å². The van der Waals surface area contributed by atoms with E-state index in [1.165, 1.54) is 0 Å². The molecular weight excluding hydrogens is 340 g/mol. The highest BCUT2D eigenvalue weighted by Crippen LogP contribution is 2.19. The lowest BCUT2D eigenvalue weighted by molar-refractivity contribution is 0.311. The molecule has 0 saturated carbocycles. The van der Waals surface area contributed by atoms with Crippen molar-refractivity contribution in [1.82, 2.24) is 15.8 Å². The van der Waals surface area contributed by atoms with Gasteiger partial charge in [0, 0.05) is 25.2 Å². The van der Waals surface area contributed by atoms with Gasteiger partial charge in [-0.2, -0.15) is 0 Å². The third kappa shape index (κ3) is 5.88. The van der Waals surface area contributed by atoms with Gasteiger partial charge in [0.15, 0.2) is 11.7 Å². The average Bonchev–Trinajstić information content (AvgIpc) is 3.20. The molecule has 2 aromatic carbocycles. The fraction of sp³-hybridized carbons (Fsp3) is 0.238. The second-order valence-electron chi connectivity index (χ2n) is 5.92. The Balaban J connectivity index is 1.37. The summed E-state index contributed by atoms with van der Waals surface area (Å²) >= 11 is 0. The molecule has 6 heteroatoms. The normalized spacial score (nSPS) is 11.2. The van der Waals surface area contributed by atoms with Gasteiger partial charge in [-0.25, -0.2) is 0 Å². The van der Waals surface area contributed by atoms with Gasteiger partial charge in [0.2, 0.25) is 0 Å². The van der Waals surface area contributed by atoms with Crippen LogP contribution in [0.1, 0.15) is 12.1 Å². The van der Waals surface area contributed by atoms with Crippen molar-refractivity contribution in [2.75, 3.05) is 20.2 Å². The molecule has 0 radical (unpaired) electrons. The van der Waals surface area contributed by atoms with Crippen molar-refractivity contribution in [3.05, 3.63) is 72.4 Å². The van der Waals surface area contributed by atoms with E-state index in [2.05, 4.69) is 20.8 Å². The number of nitrogens with zero attached hydrogens (tertiary/aromatic N) is 2. The Labute approximate surface area is 159 Å². The van der Waals surface area contributed by atoms with Crippen LogP contribution < -0.4 is 15.4 Å². The molecule has 0 aliphatic rings. The predicted molar refractivity (Wildman–Crippen MR) is 107 cm³/mol. The molecule has 1 aromatic heterocycles. The number of aromatic nitrogens is 1. The largest absolute Gasteiger partial charge is 0.494 e. The fourth-order valence-electron chi connectivity index (χ4n) is 2.51. The van der Waals surface area contributed by atoms with Crippen LogP contribution in [-0.4, -0.2) is 31.3 Å². The summed E-state index contributed by atoms with van der Waals surface area (Å²) in [6.45, 7) is 1.95. The number of benzene rings is 2. The van der Waals surface area contributed by atoms with Crippen molar-refractivity contribution in [1.29, 1.82) is 0 Å². The van der Waals surface area contributed by atoms with Gasteiger partial charge in [-0.05, 0) is 18.6 Å². The van der Waals surface area contributed by atoms with Gasteiger partial charge < -0.3 is 19.9 Å². The maximum absolute atomic E-state index is 5.67. The van der Waals surface area contributed by atoms with Crippen LogP contribution in [0, 0.1) is 0 Å². The van der Waals surface area contributed by atoms with Crippen molar-refractivity contribution in [2.45, 2.75) is 13.0 Å². The van der Waals surface area contributed by atoms with Crippen molar-refractivity contribution >= 4 is 5.96 Å². The minimum Gasteiger partial charge on any atom is -0.494 e. The van der Waals surface area contributed by atoms with Crippen LogP contribution in [0.3, 0.4) is 0 Å². The Kier molecular flexibility index (Phi) is 6.86. The van der Waals surface area contributed by atoms with Gasteiger partial charge in [-0.3, -0.25) is 4.99 Å². The Morgan fingerprint density at radius 3 is 2.52 bits per heavy atom. The van der Waals surface area contributed by atoms with Crippen molar-refractivity contribution in [3.63, 3.8) is 0 Å². The summed E-state index contributed by atoms with van der Waals surface area (Å²) in [7, 11) is 1.74. The van der Waals surface area contributed by atoms with Gasteiger partial charge in [0.25, 0.3) is 0 Å². The average molecular weight is 364 g/mol. The quantitative estimate of drug-likeness (QED) is 0.364. The number of para-hydroxylation sites is 1. The van der Waals surface area contributed by atoms with Crippen molar-refractivity contribution < 1.29 is 9.26 Å². The molecule has 0 aliphatic heterocycles. The highest BCUT2D eigenvalue weighted by Gasteiger charge is 2.07. The van der Waals surface area contributed by atoms with Gasteiger partial charge >= 0.3 is 0 Å². The molecule has 27 heavy (non-hydrogen) atoms. The number of guanidine groups is 1. The van der Waals surface area contributed by atoms with E-state index in [-0.39, 0.29) is 0 Å². The summed E-state index contributed by atoms with van der Waals surface area (Å²) in [4.78, 5) is 4.22. The predicted octanol–water partition coefficient (Wildman–Crippen LogP) is 3.48. The molecule has 2 N–H and O–H groups in total. The first-order chi connectivity index (χ1) is 13.3. The van der Waals surface area contributed by atoms with E-state index in [0.29, 0.717) is 13.2 Å². The van der Waals surface area contributed by atoms with Crippen molar-refractivity contribution in [2.24, 2.45) is 4.99 Å². The van der Waals surface area contributed by atoms with E-state index in [0.717, 1.165) is 41.7 Å². The molecular formula is C21H24N4O2. The topological polar surface area (TPSA) is 71.7 Å². The summed E-state index contributed by atoms with van der Waals surface area (Å²) in [6.07, 6.45) is 0.873. The monoisotopic (exact) mass is 364 g/mol. The first-order valence-corrected chi connectivity index (χ1v) is 8.98. The lowest BCUT2D eigenvalue weighted by Crippen LogP contribution is -2.37. The number of nitrogens with one attached hydrogen (secondary N) is 2. The third-order valence-electron chi connectivity index (χ3n) is 3.90. The van der Waals surface area contributed by atoms with E-state index in [1.54, 1.807) is 7.05 Å². The minimum absolute atomic E-state index is 0.538. The van der Waals surface area contributed by atoms with Gasteiger partial charge in [0.1, 0.15) is 11.4 Å². The lowest BCUT2D eigenvalue weighted by Gasteiger charge is -2.11. The Hall–Kier alpha value is -3.28. The van der Waals surface area contributed by atoms with E-state index < -0.39 is 0 Å². The molecule has 1 heterocycles. The van der Waals surface area contributed by atoms with E-state index in [9.17, 15) is 0 Å². The minimum atomic E-state index is 0.538. The van der Waals surface area contributed by atoms with E-state index >= 15 is 0 Å². The number of aliphatic imine (C=N–C) groups is 1. The molecule has 0 bridgehead atoms. The summed E-state index contributed by atoms with van der Waals surface area (Å²) in [5.41, 5.74) is 1.83. The summed E-state index contributed by atoms with van der Waals surface area (Å²) < 4.78 is 11.1. The van der Waals surface area contributed by atoms with E-state index in [4.69, 9.17) is 9.26 Å². The SMILES string of the molecule is CN=C(NCCCOc1ccccc1)NCc1cc(-c2ccccc2)on1. The third-order valence-corrected chi connectivity index (χ3v) is 3.90. The zero-order chi connectivity index (χ0) is 18.7. The van der Waals surface area contributed by atoms with Crippen LogP contribution in [0.4, 0.5) is 0 Å². The molecule has 0 saturated heterocycles. The van der Waals surface area contributed by atoms with E-state index in [1.807, 2.05) is 66.7 Å². The standard InChI is InChI=1S/C21H24N4O2/c1-22-21(23-13-8-14-26-19-11-6-3-7-12-19)24-16-18-15-20(27-25-18)17-9-4-2-5-10-17/h2-7,9-12,15H,8,13-14,16H2,1H3,(H2,22,23,24). The molecule has 3 aromatic rings. The Bertz CT molecular complexity index is 832. The number of hydrogen-bond acceptors (Lipinski definition) is 4. The highest BCUT2D eigenvalue weighted by atomic mass is 16.5. The Morgan fingerprint density at radius 1 is 1.04 bits per heavy atom. The second kappa shape index (κ2) is 10.0. The summed E-state index contributed by atoms with van der Waals surface area (Å²) in [6, 6.07) is 21.7. The Morgan fingerprint density at radius 2 is 1.78 bits per heavy atom. The molecule has 0 fully saturated rings. The number of ether oxygens (including phenoxy) is 1. The maximum atomic E-state index is 5.67. The number of rotatable bonds is 8. The fourth-order valence-corrected chi connectivity index (χ4v) is 2.51. The summed E-state index contributed by atoms with van der Waals surface area (Å²) in [5, 5.41) is 10.6. The maximum Gasteiger partial charge on any atom is 0.191 e. The van der Waals surface area contributed by atoms with Crippen molar-refractivity contribution in [3.8, 4) is 17.1 Å². The first-order valence-electron chi connectivity index (χ1n) is 8.98. The second-order valence-corrected chi connectivity index (χ2v) is 5.92. The lowest BCUT2D eigenvalue weighted by atomic mass is 10.2. The smallest absolute Gasteiger partial charge is 0.191 e. The van der Waals surface area contributed by atoms with Gasteiger partial charge in [0.05, 0.1) is 13.2 Å². The molecule has 0 unspecified atom stereocenters. The van der Waals surface area contributed by atoms with Gasteiger partial charge in [-0.1, -0.05) is 53.7 Å². The van der Waals surface area contributed by atoms with Crippen LogP contribution in [0.25, 0.3) is 11.3 Å². The molecule has 140 valence electrons. The zero-order valence-corrected chi connectivity index (χ0v) is 15.4. The summed E-state index contributed by atoms with van der Waals surface area (Å²) in [5.74, 6) is 2.37. The van der Waals surface area contributed by atoms with Crippen LogP contribution in [0.2, 0.25) is 0 Å². The molecule has 0 amide bonds. The van der Waals surface area contributed by atoms with Crippen LogP contribution >= 0.6 is 0 Å². The molecule has 0 aliphatic carbocycles. The van der Waals surface area contributed by atoms with Crippen LogP contribution in [0.5, 0.6) is 5.75 Å². The number of hydrogen-bond donors (Lipinski definition) is 2. The van der Waals surface area contributed by atoms with Gasteiger partial charge in [-0.15, -0.1) is 0 Å². The first kappa shape index (κ1) is 18.5. The van der Waals surface area contributed by atoms with Crippen LogP contribution in [0.15, 0.2) is 76.2 Å². The molecule has 0 spiro atoms. The molecule has 0 atom stereocenters. The molecule has 3 rings (SSSR count). The molecule has 6 nitrogen and oxygen atoms in total.